The minimum Gasteiger partial charge on any atom is -0.507 e. The Kier molecular flexibility index (Phi) is 3.75. The number of rotatable bonds is 2. The smallest absolute Gasteiger partial charge is 0.257 e. The molecule has 1 aliphatic rings. The van der Waals surface area contributed by atoms with Crippen LogP contribution in [0.25, 0.3) is 0 Å². The van der Waals surface area contributed by atoms with Gasteiger partial charge in [0.2, 0.25) is 0 Å². The van der Waals surface area contributed by atoms with Gasteiger partial charge in [0.25, 0.3) is 5.91 Å². The molecular weight excluding hydrogens is 247 g/mol. The number of hydrogen-bond donors (Lipinski definition) is 2. The summed E-state index contributed by atoms with van der Waals surface area (Å²) in [6.45, 7) is 3.39. The molecule has 104 valence electrons. The van der Waals surface area contributed by atoms with Gasteiger partial charge in [-0.2, -0.15) is 0 Å². The molecule has 4 nitrogen and oxygen atoms in total. The largest absolute Gasteiger partial charge is 0.507 e. The van der Waals surface area contributed by atoms with Gasteiger partial charge in [-0.3, -0.25) is 4.79 Å². The standard InChI is InChI=1S/C14H19FN2O2/c1-14(16-2)5-7-17(8-6-14)13(19)11-4-3-10(15)9-12(11)18/h3-4,9,16,18H,5-8H2,1-2H3. The number of carbonyl (C=O) groups is 1. The second kappa shape index (κ2) is 5.17. The summed E-state index contributed by atoms with van der Waals surface area (Å²) in [4.78, 5) is 14.0. The van der Waals surface area contributed by atoms with E-state index in [9.17, 15) is 14.3 Å². The molecule has 1 aromatic carbocycles. The molecule has 1 aromatic rings. The fourth-order valence-electron chi connectivity index (χ4n) is 2.31. The van der Waals surface area contributed by atoms with E-state index in [0.717, 1.165) is 18.9 Å². The van der Waals surface area contributed by atoms with Gasteiger partial charge in [-0.1, -0.05) is 0 Å². The lowest BCUT2D eigenvalue weighted by Gasteiger charge is -2.39. The third-order valence-corrected chi connectivity index (χ3v) is 3.95. The molecule has 1 fully saturated rings. The third kappa shape index (κ3) is 2.87. The summed E-state index contributed by atoms with van der Waals surface area (Å²) >= 11 is 0. The number of halogens is 1. The summed E-state index contributed by atoms with van der Waals surface area (Å²) in [5, 5.41) is 12.9. The summed E-state index contributed by atoms with van der Waals surface area (Å²) in [5.41, 5.74) is 0.219. The highest BCUT2D eigenvalue weighted by Crippen LogP contribution is 2.25. The lowest BCUT2D eigenvalue weighted by atomic mass is 9.89. The Bertz CT molecular complexity index is 482. The van der Waals surface area contributed by atoms with Crippen LogP contribution in [0.2, 0.25) is 0 Å². The molecule has 2 N–H and O–H groups in total. The summed E-state index contributed by atoms with van der Waals surface area (Å²) in [7, 11) is 1.92. The predicted molar refractivity (Wildman–Crippen MR) is 70.7 cm³/mol. The first kappa shape index (κ1) is 13.8. The number of nitrogens with zero attached hydrogens (tertiary/aromatic N) is 1. The first-order chi connectivity index (χ1) is 8.95. The van der Waals surface area contributed by atoms with Crippen LogP contribution in [0.15, 0.2) is 18.2 Å². The first-order valence-electron chi connectivity index (χ1n) is 6.42. The summed E-state index contributed by atoms with van der Waals surface area (Å²) in [5.74, 6) is -1.09. The van der Waals surface area contributed by atoms with Gasteiger partial charge in [0.15, 0.2) is 0 Å². The SMILES string of the molecule is CNC1(C)CCN(C(=O)c2ccc(F)cc2O)CC1. The second-order valence-electron chi connectivity index (χ2n) is 5.26. The van der Waals surface area contributed by atoms with E-state index >= 15 is 0 Å². The maximum absolute atomic E-state index is 12.9. The lowest BCUT2D eigenvalue weighted by molar-refractivity contribution is 0.0659. The summed E-state index contributed by atoms with van der Waals surface area (Å²) in [6.07, 6.45) is 1.72. The quantitative estimate of drug-likeness (QED) is 0.857. The zero-order chi connectivity index (χ0) is 14.0. The van der Waals surface area contributed by atoms with Gasteiger partial charge in [-0.05, 0) is 38.9 Å². The van der Waals surface area contributed by atoms with Crippen LogP contribution in [0.4, 0.5) is 4.39 Å². The van der Waals surface area contributed by atoms with Crippen molar-refractivity contribution in [1.82, 2.24) is 10.2 Å². The minimum absolute atomic E-state index is 0.0572. The number of piperidine rings is 1. The Morgan fingerprint density at radius 3 is 2.58 bits per heavy atom. The van der Waals surface area contributed by atoms with E-state index in [1.54, 1.807) is 4.90 Å². The van der Waals surface area contributed by atoms with Crippen molar-refractivity contribution in [2.45, 2.75) is 25.3 Å². The number of phenols is 1. The van der Waals surface area contributed by atoms with Gasteiger partial charge < -0.3 is 15.3 Å². The predicted octanol–water partition coefficient (Wildman–Crippen LogP) is 1.75. The minimum atomic E-state index is -0.546. The highest BCUT2D eigenvalue weighted by molar-refractivity contribution is 5.96. The molecule has 2 rings (SSSR count). The number of carbonyl (C=O) groups excluding carboxylic acids is 1. The van der Waals surface area contributed by atoms with Crippen LogP contribution in [0.3, 0.4) is 0 Å². The van der Waals surface area contributed by atoms with Crippen molar-refractivity contribution >= 4 is 5.91 Å². The van der Waals surface area contributed by atoms with Gasteiger partial charge in [-0.15, -0.1) is 0 Å². The number of likely N-dealkylation sites (tertiary alicyclic amines) is 1. The number of hydrogen-bond acceptors (Lipinski definition) is 3. The number of phenolic OH excluding ortho intramolecular Hbond substituents is 1. The molecule has 0 atom stereocenters. The highest BCUT2D eigenvalue weighted by atomic mass is 19.1. The monoisotopic (exact) mass is 266 g/mol. The van der Waals surface area contributed by atoms with Gasteiger partial charge >= 0.3 is 0 Å². The maximum atomic E-state index is 12.9. The molecule has 0 radical (unpaired) electrons. The van der Waals surface area contributed by atoms with E-state index in [1.807, 2.05) is 7.05 Å². The van der Waals surface area contributed by atoms with Crippen molar-refractivity contribution in [1.29, 1.82) is 0 Å². The Hall–Kier alpha value is -1.62. The average Bonchev–Trinajstić information content (AvgIpc) is 2.39. The number of nitrogens with one attached hydrogen (secondary N) is 1. The molecule has 19 heavy (non-hydrogen) atoms. The zero-order valence-electron chi connectivity index (χ0n) is 11.2. The van der Waals surface area contributed by atoms with E-state index in [4.69, 9.17) is 0 Å². The highest BCUT2D eigenvalue weighted by Gasteiger charge is 2.31. The molecule has 1 saturated heterocycles. The van der Waals surface area contributed by atoms with Crippen LogP contribution < -0.4 is 5.32 Å². The van der Waals surface area contributed by atoms with E-state index in [2.05, 4.69) is 12.2 Å². The van der Waals surface area contributed by atoms with Crippen molar-refractivity contribution in [3.05, 3.63) is 29.6 Å². The zero-order valence-corrected chi connectivity index (χ0v) is 11.2. The van der Waals surface area contributed by atoms with E-state index in [1.165, 1.54) is 12.1 Å². The van der Waals surface area contributed by atoms with Crippen LogP contribution in [0, 0.1) is 5.82 Å². The maximum Gasteiger partial charge on any atom is 0.257 e. The Morgan fingerprint density at radius 2 is 2.05 bits per heavy atom. The van der Waals surface area contributed by atoms with Gasteiger partial charge in [-0.25, -0.2) is 4.39 Å². The molecule has 0 spiro atoms. The molecule has 0 bridgehead atoms. The van der Waals surface area contributed by atoms with Crippen molar-refractivity contribution in [3.8, 4) is 5.75 Å². The Balaban J connectivity index is 2.09. The molecule has 1 aliphatic heterocycles. The van der Waals surface area contributed by atoms with Crippen molar-refractivity contribution < 1.29 is 14.3 Å². The third-order valence-electron chi connectivity index (χ3n) is 3.95. The van der Waals surface area contributed by atoms with Crippen molar-refractivity contribution in [2.24, 2.45) is 0 Å². The molecule has 0 unspecified atom stereocenters. The number of benzene rings is 1. The first-order valence-corrected chi connectivity index (χ1v) is 6.42. The summed E-state index contributed by atoms with van der Waals surface area (Å²) < 4.78 is 12.9. The normalized spacial score (nSPS) is 18.4. The molecule has 0 saturated carbocycles. The van der Waals surface area contributed by atoms with Gasteiger partial charge in [0.05, 0.1) is 5.56 Å². The van der Waals surface area contributed by atoms with E-state index in [-0.39, 0.29) is 22.8 Å². The number of amides is 1. The number of aromatic hydroxyl groups is 1. The Morgan fingerprint density at radius 1 is 1.42 bits per heavy atom. The lowest BCUT2D eigenvalue weighted by Crippen LogP contribution is -2.51. The summed E-state index contributed by atoms with van der Waals surface area (Å²) in [6, 6.07) is 3.49. The van der Waals surface area contributed by atoms with Crippen LogP contribution in [0.1, 0.15) is 30.1 Å². The van der Waals surface area contributed by atoms with Crippen LogP contribution in [0.5, 0.6) is 5.75 Å². The average molecular weight is 266 g/mol. The van der Waals surface area contributed by atoms with E-state index in [0.29, 0.717) is 13.1 Å². The van der Waals surface area contributed by atoms with Crippen LogP contribution >= 0.6 is 0 Å². The topological polar surface area (TPSA) is 52.6 Å². The van der Waals surface area contributed by atoms with Crippen molar-refractivity contribution in [3.63, 3.8) is 0 Å². The van der Waals surface area contributed by atoms with Gasteiger partial charge in [0.1, 0.15) is 11.6 Å². The molecule has 1 amide bonds. The molecular formula is C14H19FN2O2. The molecule has 0 aromatic heterocycles. The molecule has 0 aliphatic carbocycles. The van der Waals surface area contributed by atoms with Gasteiger partial charge in [0, 0.05) is 24.7 Å². The fourth-order valence-corrected chi connectivity index (χ4v) is 2.31. The van der Waals surface area contributed by atoms with Crippen LogP contribution in [-0.4, -0.2) is 41.6 Å². The second-order valence-corrected chi connectivity index (χ2v) is 5.26. The van der Waals surface area contributed by atoms with Crippen LogP contribution in [-0.2, 0) is 0 Å². The van der Waals surface area contributed by atoms with E-state index < -0.39 is 5.82 Å². The molecule has 5 heteroatoms. The molecule has 1 heterocycles. The Labute approximate surface area is 112 Å². The van der Waals surface area contributed by atoms with Crippen molar-refractivity contribution in [2.75, 3.05) is 20.1 Å². The fraction of sp³-hybridized carbons (Fsp3) is 0.500.